The SMILES string of the molecule is C=CC(=O)NCCc1ccc(-c2ccc(CCNC(=O)C=C)cc2P(=O)(O)O)c(P(=O)(O)O)c1. The van der Waals surface area contributed by atoms with Crippen LogP contribution in [0.2, 0.25) is 0 Å². The van der Waals surface area contributed by atoms with Crippen molar-refractivity contribution in [3.05, 3.63) is 72.8 Å². The van der Waals surface area contributed by atoms with Gasteiger partial charge >= 0.3 is 15.2 Å². The van der Waals surface area contributed by atoms with Crippen LogP contribution >= 0.6 is 15.2 Å². The first kappa shape index (κ1) is 27.4. The summed E-state index contributed by atoms with van der Waals surface area (Å²) in [6.07, 6.45) is 2.75. The van der Waals surface area contributed by atoms with E-state index in [0.29, 0.717) is 11.1 Å². The zero-order valence-electron chi connectivity index (χ0n) is 18.2. The molecule has 0 saturated heterocycles. The lowest BCUT2D eigenvalue weighted by Crippen LogP contribution is -2.24. The van der Waals surface area contributed by atoms with Crippen molar-refractivity contribution >= 4 is 37.6 Å². The molecule has 0 spiro atoms. The summed E-state index contributed by atoms with van der Waals surface area (Å²) >= 11 is 0. The zero-order valence-corrected chi connectivity index (χ0v) is 20.0. The first-order valence-corrected chi connectivity index (χ1v) is 13.3. The number of benzene rings is 2. The van der Waals surface area contributed by atoms with Gasteiger partial charge in [0, 0.05) is 13.1 Å². The number of carbonyl (C=O) groups excluding carboxylic acids is 2. The summed E-state index contributed by atoms with van der Waals surface area (Å²) < 4.78 is 24.5. The van der Waals surface area contributed by atoms with Gasteiger partial charge in [0.2, 0.25) is 11.8 Å². The molecular weight excluding hydrogens is 482 g/mol. The molecule has 34 heavy (non-hydrogen) atoms. The molecule has 0 aliphatic carbocycles. The second kappa shape index (κ2) is 11.5. The number of carbonyl (C=O) groups is 2. The Labute approximate surface area is 196 Å². The van der Waals surface area contributed by atoms with Crippen molar-refractivity contribution in [3.63, 3.8) is 0 Å². The van der Waals surface area contributed by atoms with E-state index in [1.807, 2.05) is 0 Å². The van der Waals surface area contributed by atoms with Crippen molar-refractivity contribution in [3.8, 4) is 11.1 Å². The molecule has 12 heteroatoms. The predicted molar refractivity (Wildman–Crippen MR) is 129 cm³/mol. The Morgan fingerprint density at radius 1 is 0.735 bits per heavy atom. The Bertz CT molecular complexity index is 1110. The molecule has 2 aromatic rings. The zero-order chi connectivity index (χ0) is 25.5. The van der Waals surface area contributed by atoms with Crippen LogP contribution in [0.1, 0.15) is 11.1 Å². The lowest BCUT2D eigenvalue weighted by atomic mass is 10.0. The Balaban J connectivity index is 2.47. The minimum atomic E-state index is -4.83. The van der Waals surface area contributed by atoms with Gasteiger partial charge in [-0.2, -0.15) is 0 Å². The van der Waals surface area contributed by atoms with Crippen LogP contribution in [0, 0.1) is 0 Å². The molecule has 0 unspecified atom stereocenters. The van der Waals surface area contributed by atoms with Gasteiger partial charge in [0.1, 0.15) is 0 Å². The molecule has 0 aliphatic heterocycles. The summed E-state index contributed by atoms with van der Waals surface area (Å²) in [5.41, 5.74) is 0.992. The molecule has 10 nitrogen and oxygen atoms in total. The standard InChI is InChI=1S/C22H26N2O8P2/c1-3-21(25)23-11-9-15-5-7-17(19(13-15)33(27,28)29)18-8-6-16(10-12-24-22(26)4-2)14-20(18)34(30,31)32/h3-8,13-14H,1-2,9-12H2,(H,23,25)(H,24,26)(H2,27,28,29)(H2,30,31,32). The quantitative estimate of drug-likeness (QED) is 0.190. The molecule has 0 atom stereocenters. The Morgan fingerprint density at radius 3 is 1.38 bits per heavy atom. The van der Waals surface area contributed by atoms with E-state index in [4.69, 9.17) is 0 Å². The first-order valence-electron chi connectivity index (χ1n) is 10.1. The lowest BCUT2D eigenvalue weighted by molar-refractivity contribution is -0.117. The molecule has 0 bridgehead atoms. The van der Waals surface area contributed by atoms with Crippen LogP contribution in [-0.2, 0) is 31.6 Å². The third-order valence-corrected chi connectivity index (χ3v) is 6.83. The minimum absolute atomic E-state index is 0.0166. The smallest absolute Gasteiger partial charge is 0.352 e. The fourth-order valence-electron chi connectivity index (χ4n) is 3.21. The topological polar surface area (TPSA) is 173 Å². The van der Waals surface area contributed by atoms with E-state index in [2.05, 4.69) is 23.8 Å². The van der Waals surface area contributed by atoms with Gasteiger partial charge in [-0.1, -0.05) is 37.4 Å². The number of hydrogen-bond acceptors (Lipinski definition) is 4. The highest BCUT2D eigenvalue weighted by Crippen LogP contribution is 2.42. The van der Waals surface area contributed by atoms with Crippen LogP contribution in [0.15, 0.2) is 61.7 Å². The van der Waals surface area contributed by atoms with Gasteiger partial charge in [-0.15, -0.1) is 0 Å². The summed E-state index contributed by atoms with van der Waals surface area (Å²) in [4.78, 5) is 62.3. The van der Waals surface area contributed by atoms with Crippen molar-refractivity contribution < 1.29 is 38.3 Å². The maximum absolute atomic E-state index is 12.2. The molecule has 0 saturated carbocycles. The molecule has 2 rings (SSSR count). The van der Waals surface area contributed by atoms with E-state index >= 15 is 0 Å². The summed E-state index contributed by atoms with van der Waals surface area (Å²) in [7, 11) is -9.67. The summed E-state index contributed by atoms with van der Waals surface area (Å²) in [5, 5.41) is 4.35. The molecule has 6 N–H and O–H groups in total. The van der Waals surface area contributed by atoms with E-state index < -0.39 is 15.2 Å². The van der Waals surface area contributed by atoms with Crippen LogP contribution in [0.5, 0.6) is 0 Å². The van der Waals surface area contributed by atoms with E-state index in [9.17, 15) is 38.3 Å². The molecular formula is C22H26N2O8P2. The van der Waals surface area contributed by atoms with Crippen molar-refractivity contribution in [2.75, 3.05) is 13.1 Å². The molecule has 2 aromatic carbocycles. The normalized spacial score (nSPS) is 11.5. The second-order valence-electron chi connectivity index (χ2n) is 7.28. The van der Waals surface area contributed by atoms with Gasteiger partial charge in [0.05, 0.1) is 10.6 Å². The predicted octanol–water partition coefficient (Wildman–Crippen LogP) is 0.649. The number of rotatable bonds is 11. The van der Waals surface area contributed by atoms with Gasteiger partial charge in [-0.25, -0.2) is 0 Å². The van der Waals surface area contributed by atoms with E-state index in [-0.39, 0.29) is 59.5 Å². The summed E-state index contributed by atoms with van der Waals surface area (Å²) in [6, 6.07) is 8.43. The van der Waals surface area contributed by atoms with Gasteiger partial charge in [0.25, 0.3) is 0 Å². The summed E-state index contributed by atoms with van der Waals surface area (Å²) in [5.74, 6) is -0.774. The Hall–Kier alpha value is -2.84. The molecule has 0 radical (unpaired) electrons. The van der Waals surface area contributed by atoms with Crippen molar-refractivity contribution in [2.45, 2.75) is 12.8 Å². The van der Waals surface area contributed by atoms with E-state index in [1.165, 1.54) is 24.3 Å². The highest BCUT2D eigenvalue weighted by Gasteiger charge is 2.28. The second-order valence-corrected chi connectivity index (χ2v) is 10.4. The van der Waals surface area contributed by atoms with Crippen LogP contribution in [0.25, 0.3) is 11.1 Å². The Kier molecular flexibility index (Phi) is 9.29. The molecule has 182 valence electrons. The van der Waals surface area contributed by atoms with Crippen LogP contribution in [0.4, 0.5) is 0 Å². The van der Waals surface area contributed by atoms with Gasteiger partial charge < -0.3 is 30.2 Å². The van der Waals surface area contributed by atoms with Crippen molar-refractivity contribution in [2.24, 2.45) is 0 Å². The first-order chi connectivity index (χ1) is 15.9. The van der Waals surface area contributed by atoms with Crippen LogP contribution < -0.4 is 21.2 Å². The van der Waals surface area contributed by atoms with Crippen LogP contribution in [-0.4, -0.2) is 44.5 Å². The van der Waals surface area contributed by atoms with Crippen LogP contribution in [0.3, 0.4) is 0 Å². The van der Waals surface area contributed by atoms with Gasteiger partial charge in [-0.05, 0) is 59.4 Å². The third-order valence-electron chi connectivity index (χ3n) is 4.84. The maximum atomic E-state index is 12.2. The fourth-order valence-corrected chi connectivity index (χ4v) is 4.89. The van der Waals surface area contributed by atoms with Gasteiger partial charge in [0.15, 0.2) is 0 Å². The lowest BCUT2D eigenvalue weighted by Gasteiger charge is -2.18. The number of amides is 2. The van der Waals surface area contributed by atoms with E-state index in [0.717, 1.165) is 12.2 Å². The molecule has 0 heterocycles. The molecule has 0 fully saturated rings. The summed E-state index contributed by atoms with van der Waals surface area (Å²) in [6.45, 7) is 7.09. The monoisotopic (exact) mass is 508 g/mol. The molecule has 0 aromatic heterocycles. The average Bonchev–Trinajstić information content (AvgIpc) is 2.77. The fraction of sp³-hybridized carbons (Fsp3) is 0.182. The number of hydrogen-bond donors (Lipinski definition) is 6. The third kappa shape index (κ3) is 7.60. The highest BCUT2D eigenvalue weighted by atomic mass is 31.2. The molecule has 0 aliphatic rings. The Morgan fingerprint density at radius 2 is 1.09 bits per heavy atom. The highest BCUT2D eigenvalue weighted by molar-refractivity contribution is 7.61. The van der Waals surface area contributed by atoms with E-state index in [1.54, 1.807) is 12.1 Å². The number of nitrogens with one attached hydrogen (secondary N) is 2. The minimum Gasteiger partial charge on any atom is -0.352 e. The maximum Gasteiger partial charge on any atom is 0.356 e. The molecule has 2 amide bonds. The average molecular weight is 508 g/mol. The van der Waals surface area contributed by atoms with Crippen molar-refractivity contribution in [1.29, 1.82) is 0 Å². The largest absolute Gasteiger partial charge is 0.356 e. The van der Waals surface area contributed by atoms with Gasteiger partial charge in [-0.3, -0.25) is 18.7 Å². The van der Waals surface area contributed by atoms with Crippen molar-refractivity contribution in [1.82, 2.24) is 10.6 Å².